The predicted molar refractivity (Wildman–Crippen MR) is 98.3 cm³/mol. The number of tetrazole rings is 1. The van der Waals surface area contributed by atoms with E-state index in [0.29, 0.717) is 5.69 Å². The number of halogens is 5. The van der Waals surface area contributed by atoms with Gasteiger partial charge < -0.3 is 14.8 Å². The number of para-hydroxylation sites is 2. The topological polar surface area (TPSA) is 91.2 Å². The Hall–Kier alpha value is -3.42. The van der Waals surface area contributed by atoms with Crippen molar-refractivity contribution in [3.63, 3.8) is 0 Å². The first-order valence-corrected chi connectivity index (χ1v) is 9.31. The third-order valence-electron chi connectivity index (χ3n) is 3.47. The second-order valence-electron chi connectivity index (χ2n) is 5.63. The largest absolute Gasteiger partial charge is 0.573 e. The monoisotopic (exact) mass is 461 g/mol. The van der Waals surface area contributed by atoms with Gasteiger partial charge >= 0.3 is 13.0 Å². The average Bonchev–Trinajstić information content (AvgIpc) is 3.15. The van der Waals surface area contributed by atoms with E-state index in [1.54, 1.807) is 0 Å². The Labute approximate surface area is 175 Å². The van der Waals surface area contributed by atoms with E-state index in [1.807, 2.05) is 0 Å². The molecule has 0 saturated carbocycles. The van der Waals surface area contributed by atoms with Crippen molar-refractivity contribution >= 4 is 23.4 Å². The number of ether oxygens (including phenoxy) is 2. The summed E-state index contributed by atoms with van der Waals surface area (Å²) in [6.45, 7) is -3.05. The van der Waals surface area contributed by atoms with Crippen LogP contribution in [0.15, 0.2) is 53.7 Å². The highest BCUT2D eigenvalue weighted by atomic mass is 32.2. The molecular formula is C17H12F5N5O3S. The van der Waals surface area contributed by atoms with Crippen LogP contribution in [-0.2, 0) is 4.79 Å². The molecular weight excluding hydrogens is 449 g/mol. The Morgan fingerprint density at radius 1 is 1.13 bits per heavy atom. The zero-order valence-corrected chi connectivity index (χ0v) is 16.0. The summed E-state index contributed by atoms with van der Waals surface area (Å²) in [5.41, 5.74) is 0.395. The molecule has 0 fully saturated rings. The van der Waals surface area contributed by atoms with Gasteiger partial charge in [-0.15, -0.1) is 18.3 Å². The van der Waals surface area contributed by atoms with Crippen LogP contribution in [0.4, 0.5) is 27.6 Å². The Bertz CT molecular complexity index is 1030. The Morgan fingerprint density at radius 3 is 2.52 bits per heavy atom. The van der Waals surface area contributed by atoms with Gasteiger partial charge in [0.05, 0.1) is 17.1 Å². The van der Waals surface area contributed by atoms with Crippen molar-refractivity contribution in [3.05, 3.63) is 48.5 Å². The van der Waals surface area contributed by atoms with Crippen molar-refractivity contribution in [2.45, 2.75) is 18.1 Å². The second-order valence-corrected chi connectivity index (χ2v) is 6.57. The number of alkyl halides is 5. The van der Waals surface area contributed by atoms with Crippen molar-refractivity contribution in [1.29, 1.82) is 0 Å². The van der Waals surface area contributed by atoms with E-state index in [9.17, 15) is 26.7 Å². The fourth-order valence-electron chi connectivity index (χ4n) is 2.31. The maximum atomic E-state index is 12.5. The molecule has 0 aliphatic heterocycles. The first-order valence-electron chi connectivity index (χ1n) is 8.32. The van der Waals surface area contributed by atoms with Crippen LogP contribution in [-0.4, -0.2) is 44.8 Å². The number of nitrogens with one attached hydrogen (secondary N) is 1. The van der Waals surface area contributed by atoms with Gasteiger partial charge in [0.25, 0.3) is 0 Å². The summed E-state index contributed by atoms with van der Waals surface area (Å²) in [6.07, 6.45) is -4.82. The van der Waals surface area contributed by atoms with Gasteiger partial charge in [-0.05, 0) is 46.8 Å². The number of carbonyl (C=O) groups excluding carboxylic acids is 1. The maximum Gasteiger partial charge on any atom is 0.573 e. The van der Waals surface area contributed by atoms with E-state index >= 15 is 0 Å². The van der Waals surface area contributed by atoms with Gasteiger partial charge in [0.2, 0.25) is 11.1 Å². The highest BCUT2D eigenvalue weighted by Gasteiger charge is 2.31. The standard InChI is InChI=1S/C17H12F5N5O3S/c18-15(19)29-13-4-2-1-3-12(13)23-14(28)9-31-16-24-25-26-27(16)10-5-7-11(8-6-10)30-17(20,21)22/h1-8,15H,9H2,(H,23,28). The molecule has 0 aliphatic carbocycles. The van der Waals surface area contributed by atoms with Gasteiger partial charge in [0, 0.05) is 0 Å². The summed E-state index contributed by atoms with van der Waals surface area (Å²) in [5.74, 6) is -1.33. The SMILES string of the molecule is O=C(CSc1nnnn1-c1ccc(OC(F)(F)F)cc1)Nc1ccccc1OC(F)F. The van der Waals surface area contributed by atoms with Crippen molar-refractivity contribution in [3.8, 4) is 17.2 Å². The fourth-order valence-corrected chi connectivity index (χ4v) is 3.00. The number of thioether (sulfide) groups is 1. The molecule has 8 nitrogen and oxygen atoms in total. The van der Waals surface area contributed by atoms with Gasteiger partial charge in [0.1, 0.15) is 11.5 Å². The lowest BCUT2D eigenvalue weighted by Crippen LogP contribution is -2.17. The third kappa shape index (κ3) is 6.53. The lowest BCUT2D eigenvalue weighted by atomic mass is 10.3. The molecule has 1 heterocycles. The maximum absolute atomic E-state index is 12.5. The zero-order chi connectivity index (χ0) is 22.4. The van der Waals surface area contributed by atoms with Crippen LogP contribution in [0.5, 0.6) is 11.5 Å². The number of hydrogen-bond donors (Lipinski definition) is 1. The highest BCUT2D eigenvalue weighted by molar-refractivity contribution is 7.99. The van der Waals surface area contributed by atoms with Crippen molar-refractivity contribution in [2.75, 3.05) is 11.1 Å². The van der Waals surface area contributed by atoms with Gasteiger partial charge in [-0.3, -0.25) is 4.79 Å². The quantitative estimate of drug-likeness (QED) is 0.402. The molecule has 164 valence electrons. The fraction of sp³-hybridized carbons (Fsp3) is 0.176. The van der Waals surface area contributed by atoms with E-state index < -0.39 is 24.6 Å². The molecule has 1 amide bonds. The van der Waals surface area contributed by atoms with E-state index in [1.165, 1.54) is 41.1 Å². The van der Waals surface area contributed by atoms with Gasteiger partial charge in [-0.25, -0.2) is 0 Å². The van der Waals surface area contributed by atoms with Crippen LogP contribution >= 0.6 is 11.8 Å². The lowest BCUT2D eigenvalue weighted by Gasteiger charge is -2.11. The summed E-state index contributed by atoms with van der Waals surface area (Å²) in [7, 11) is 0. The molecule has 3 aromatic rings. The Balaban J connectivity index is 1.63. The van der Waals surface area contributed by atoms with Crippen molar-refractivity contribution in [1.82, 2.24) is 20.2 Å². The summed E-state index contributed by atoms with van der Waals surface area (Å²) < 4.78 is 71.0. The average molecular weight is 461 g/mol. The number of carbonyl (C=O) groups is 1. The molecule has 3 rings (SSSR count). The van der Waals surface area contributed by atoms with Crippen molar-refractivity contribution in [2.24, 2.45) is 0 Å². The minimum atomic E-state index is -4.82. The van der Waals surface area contributed by atoms with E-state index in [-0.39, 0.29) is 22.3 Å². The van der Waals surface area contributed by atoms with E-state index in [2.05, 4.69) is 30.3 Å². The molecule has 0 aliphatic rings. The van der Waals surface area contributed by atoms with Gasteiger partial charge in [-0.2, -0.15) is 13.5 Å². The molecule has 0 bridgehead atoms. The molecule has 31 heavy (non-hydrogen) atoms. The van der Waals surface area contributed by atoms with Crippen LogP contribution in [0.1, 0.15) is 0 Å². The van der Waals surface area contributed by atoms with Crippen LogP contribution in [0, 0.1) is 0 Å². The molecule has 0 atom stereocenters. The minimum absolute atomic E-state index is 0.0632. The number of amides is 1. The molecule has 14 heteroatoms. The van der Waals surface area contributed by atoms with E-state index in [4.69, 9.17) is 0 Å². The normalized spacial score (nSPS) is 11.4. The number of hydrogen-bond acceptors (Lipinski definition) is 7. The molecule has 1 N–H and O–H groups in total. The summed E-state index contributed by atoms with van der Waals surface area (Å²) in [4.78, 5) is 12.2. The van der Waals surface area contributed by atoms with Crippen LogP contribution in [0.3, 0.4) is 0 Å². The Kier molecular flexibility index (Phi) is 6.89. The number of benzene rings is 2. The number of aromatic nitrogens is 4. The van der Waals surface area contributed by atoms with Crippen LogP contribution < -0.4 is 14.8 Å². The smallest absolute Gasteiger partial charge is 0.433 e. The van der Waals surface area contributed by atoms with Gasteiger partial charge in [-0.1, -0.05) is 23.9 Å². The summed E-state index contributed by atoms with van der Waals surface area (Å²) >= 11 is 0.924. The third-order valence-corrected chi connectivity index (χ3v) is 4.38. The number of rotatable bonds is 8. The van der Waals surface area contributed by atoms with Crippen molar-refractivity contribution < 1.29 is 36.2 Å². The Morgan fingerprint density at radius 2 is 1.84 bits per heavy atom. The first-order chi connectivity index (χ1) is 14.7. The molecule has 0 radical (unpaired) electrons. The lowest BCUT2D eigenvalue weighted by molar-refractivity contribution is -0.274. The summed E-state index contributed by atoms with van der Waals surface area (Å²) in [5, 5.41) is 13.6. The van der Waals surface area contributed by atoms with Crippen LogP contribution in [0.2, 0.25) is 0 Å². The first kappa shape index (κ1) is 22.3. The van der Waals surface area contributed by atoms with Crippen LogP contribution in [0.25, 0.3) is 5.69 Å². The molecule has 1 aromatic heterocycles. The molecule has 0 saturated heterocycles. The number of nitrogens with zero attached hydrogens (tertiary/aromatic N) is 4. The van der Waals surface area contributed by atoms with E-state index in [0.717, 1.165) is 23.9 Å². The predicted octanol–water partition coefficient (Wildman–Crippen LogP) is 3.89. The number of anilines is 1. The molecule has 2 aromatic carbocycles. The van der Waals surface area contributed by atoms with Gasteiger partial charge in [0.15, 0.2) is 0 Å². The second kappa shape index (κ2) is 9.59. The highest BCUT2D eigenvalue weighted by Crippen LogP contribution is 2.27. The summed E-state index contributed by atoms with van der Waals surface area (Å²) in [6, 6.07) is 10.5. The molecule has 0 spiro atoms. The minimum Gasteiger partial charge on any atom is -0.433 e. The zero-order valence-electron chi connectivity index (χ0n) is 15.2. The molecule has 0 unspecified atom stereocenters.